The van der Waals surface area contributed by atoms with E-state index in [0.29, 0.717) is 8.73 Å². The minimum atomic E-state index is 0. The minimum absolute atomic E-state index is 0. The van der Waals surface area contributed by atoms with Crippen molar-refractivity contribution in [2.45, 2.75) is 0 Å². The van der Waals surface area contributed by atoms with Gasteiger partial charge < -0.3 is 4.98 Å². The molecular formula is C2H2BaN2S3. The molecule has 0 aliphatic carbocycles. The normalized spacial score (nSPS) is 8.00. The third-order valence-corrected chi connectivity index (χ3v) is 1.73. The standard InChI is InChI=1S/C2H2N2S3.Ba/c5-1-3-2(6)7-4-1;/h(H2,3,4,5,6);. The topological polar surface area (TPSA) is 31.6 Å². The molecule has 0 aromatic carbocycles. The van der Waals surface area contributed by atoms with Crippen LogP contribution in [0.2, 0.25) is 0 Å². The minimum Gasteiger partial charge on any atom is -0.313 e. The van der Waals surface area contributed by atoms with E-state index in [1.807, 2.05) is 0 Å². The van der Waals surface area contributed by atoms with Crippen LogP contribution in [0.5, 0.6) is 0 Å². The van der Waals surface area contributed by atoms with Crippen molar-refractivity contribution in [3.63, 3.8) is 0 Å². The van der Waals surface area contributed by atoms with E-state index in [1.165, 1.54) is 11.5 Å². The molecule has 0 atom stereocenters. The van der Waals surface area contributed by atoms with Gasteiger partial charge in [-0.15, -0.1) is 0 Å². The van der Waals surface area contributed by atoms with Crippen LogP contribution in [-0.2, 0) is 0 Å². The van der Waals surface area contributed by atoms with Crippen molar-refractivity contribution in [1.82, 2.24) is 9.36 Å². The summed E-state index contributed by atoms with van der Waals surface area (Å²) in [5.41, 5.74) is 0. The fourth-order valence-electron chi connectivity index (χ4n) is 0.236. The first kappa shape index (κ1) is 9.57. The van der Waals surface area contributed by atoms with Gasteiger partial charge in [0.1, 0.15) is 0 Å². The van der Waals surface area contributed by atoms with Gasteiger partial charge in [-0.25, -0.2) is 0 Å². The van der Waals surface area contributed by atoms with Gasteiger partial charge >= 0.3 is 0 Å². The molecule has 1 heterocycles. The van der Waals surface area contributed by atoms with Crippen LogP contribution >= 0.6 is 36.0 Å². The van der Waals surface area contributed by atoms with Crippen LogP contribution in [0.3, 0.4) is 0 Å². The average Bonchev–Trinajstić information content (AvgIpc) is 1.87. The summed E-state index contributed by atoms with van der Waals surface area (Å²) in [6, 6.07) is 0. The third kappa shape index (κ3) is 2.93. The Morgan fingerprint density at radius 1 is 1.38 bits per heavy atom. The van der Waals surface area contributed by atoms with Crippen molar-refractivity contribution >= 4 is 84.8 Å². The molecule has 0 amide bonds. The monoisotopic (exact) mass is 288 g/mol. The van der Waals surface area contributed by atoms with Gasteiger partial charge in [0.25, 0.3) is 0 Å². The van der Waals surface area contributed by atoms with Gasteiger partial charge in [-0.1, -0.05) is 0 Å². The molecular weight excluding hydrogens is 286 g/mol. The van der Waals surface area contributed by atoms with Crippen LogP contribution in [-0.4, -0.2) is 58.2 Å². The van der Waals surface area contributed by atoms with Crippen LogP contribution in [0, 0.1) is 8.73 Å². The van der Waals surface area contributed by atoms with E-state index in [2.05, 4.69) is 21.6 Å². The molecule has 1 rings (SSSR count). The number of aromatic nitrogens is 2. The molecule has 0 fully saturated rings. The zero-order chi connectivity index (χ0) is 5.28. The smallest absolute Gasteiger partial charge is 0.185 e. The molecule has 6 heteroatoms. The first-order valence-corrected chi connectivity index (χ1v) is 3.20. The maximum absolute atomic E-state index is 4.70. The molecule has 1 aromatic rings. The molecule has 0 aliphatic rings. The fraction of sp³-hybridized carbons (Fsp3) is 0. The molecule has 0 unspecified atom stereocenters. The summed E-state index contributed by atoms with van der Waals surface area (Å²) in [4.78, 5) is 2.73. The molecule has 2 N–H and O–H groups in total. The Bertz CT molecular complexity index is 220. The van der Waals surface area contributed by atoms with Gasteiger partial charge in [0.05, 0.1) is 0 Å². The summed E-state index contributed by atoms with van der Waals surface area (Å²) in [5, 5.41) is 0. The second-order valence-electron chi connectivity index (χ2n) is 0.946. The Balaban J connectivity index is 0.000000490. The van der Waals surface area contributed by atoms with Crippen molar-refractivity contribution in [1.29, 1.82) is 0 Å². The Morgan fingerprint density at radius 3 is 2.12 bits per heavy atom. The van der Waals surface area contributed by atoms with Crippen molar-refractivity contribution < 1.29 is 0 Å². The Labute approximate surface area is 101 Å². The van der Waals surface area contributed by atoms with Crippen molar-refractivity contribution in [3.05, 3.63) is 8.73 Å². The third-order valence-electron chi connectivity index (χ3n) is 0.452. The number of nitrogens with one attached hydrogen (secondary N) is 2. The SMILES string of the molecule is S=c1[nH]sc(=S)[nH]1.[Ba]. The molecule has 8 heavy (non-hydrogen) atoms. The fourth-order valence-corrected chi connectivity index (χ4v) is 1.21. The molecule has 2 radical (unpaired) electrons. The van der Waals surface area contributed by atoms with Gasteiger partial charge in [0.15, 0.2) is 8.73 Å². The molecule has 2 nitrogen and oxygen atoms in total. The van der Waals surface area contributed by atoms with Crippen LogP contribution in [0.1, 0.15) is 0 Å². The molecule has 0 bridgehead atoms. The molecule has 0 aliphatic heterocycles. The van der Waals surface area contributed by atoms with Crippen molar-refractivity contribution in [2.75, 3.05) is 0 Å². The summed E-state index contributed by atoms with van der Waals surface area (Å²) in [6.45, 7) is 0. The van der Waals surface area contributed by atoms with E-state index in [1.54, 1.807) is 0 Å². The second-order valence-corrected chi connectivity index (χ2v) is 2.84. The zero-order valence-corrected chi connectivity index (χ0v) is 10.8. The van der Waals surface area contributed by atoms with Crippen LogP contribution in [0.25, 0.3) is 0 Å². The van der Waals surface area contributed by atoms with Crippen molar-refractivity contribution in [3.8, 4) is 0 Å². The first-order chi connectivity index (χ1) is 3.29. The zero-order valence-electron chi connectivity index (χ0n) is 3.93. The molecule has 40 valence electrons. The largest absolute Gasteiger partial charge is 0.313 e. The quantitative estimate of drug-likeness (QED) is 0.559. The molecule has 0 spiro atoms. The summed E-state index contributed by atoms with van der Waals surface area (Å²) in [7, 11) is 0. The Kier molecular flexibility index (Phi) is 5.26. The molecule has 0 saturated heterocycles. The number of hydrogen-bond acceptors (Lipinski definition) is 3. The summed E-state index contributed by atoms with van der Waals surface area (Å²) < 4.78 is 4.07. The summed E-state index contributed by atoms with van der Waals surface area (Å²) in [6.07, 6.45) is 0. The number of rotatable bonds is 0. The van der Waals surface area contributed by atoms with E-state index in [-0.39, 0.29) is 48.9 Å². The Hall–Kier alpha value is 1.57. The summed E-state index contributed by atoms with van der Waals surface area (Å²) >= 11 is 10.7. The van der Waals surface area contributed by atoms with Gasteiger partial charge in [-0.2, -0.15) is 0 Å². The predicted molar refractivity (Wildman–Crippen MR) is 40.4 cm³/mol. The van der Waals surface area contributed by atoms with Crippen LogP contribution < -0.4 is 0 Å². The molecule has 1 aromatic heterocycles. The maximum Gasteiger partial charge on any atom is 0.185 e. The van der Waals surface area contributed by atoms with Gasteiger partial charge in [0.2, 0.25) is 0 Å². The van der Waals surface area contributed by atoms with Gasteiger partial charge in [-0.05, 0) is 36.0 Å². The predicted octanol–water partition coefficient (Wildman–Crippen LogP) is 1.48. The van der Waals surface area contributed by atoms with Crippen LogP contribution in [0.15, 0.2) is 0 Å². The number of aromatic amines is 2. The number of hydrogen-bond donors (Lipinski definition) is 2. The second kappa shape index (κ2) is 4.40. The van der Waals surface area contributed by atoms with E-state index >= 15 is 0 Å². The number of H-pyrrole nitrogens is 2. The maximum atomic E-state index is 4.70. The van der Waals surface area contributed by atoms with Crippen molar-refractivity contribution in [2.24, 2.45) is 0 Å². The summed E-state index contributed by atoms with van der Waals surface area (Å²) in [5.74, 6) is 0. The van der Waals surface area contributed by atoms with Gasteiger partial charge in [0, 0.05) is 48.9 Å². The van der Waals surface area contributed by atoms with E-state index in [4.69, 9.17) is 12.2 Å². The Morgan fingerprint density at radius 2 is 2.00 bits per heavy atom. The first-order valence-electron chi connectivity index (χ1n) is 1.57. The van der Waals surface area contributed by atoms with E-state index in [9.17, 15) is 0 Å². The van der Waals surface area contributed by atoms with Crippen LogP contribution in [0.4, 0.5) is 0 Å². The van der Waals surface area contributed by atoms with Gasteiger partial charge in [-0.3, -0.25) is 4.37 Å². The average molecular weight is 288 g/mol. The molecule has 0 saturated carbocycles. The van der Waals surface area contributed by atoms with E-state index in [0.717, 1.165) is 0 Å². The van der Waals surface area contributed by atoms with E-state index < -0.39 is 0 Å².